The normalized spacial score (nSPS) is 20.3. The van der Waals surface area contributed by atoms with E-state index in [1.54, 1.807) is 4.57 Å². The Hall–Kier alpha value is -2.06. The van der Waals surface area contributed by atoms with E-state index in [0.29, 0.717) is 24.8 Å². The summed E-state index contributed by atoms with van der Waals surface area (Å²) in [7, 11) is 0. The molecule has 0 radical (unpaired) electrons. The number of hydrogen-bond acceptors (Lipinski definition) is 5. The molecule has 2 atom stereocenters. The predicted octanol–water partition coefficient (Wildman–Crippen LogP) is 1.54. The number of carbonyl (C=O) groups is 1. The lowest BCUT2D eigenvalue weighted by atomic mass is 10.1. The maximum atomic E-state index is 12.5. The third kappa shape index (κ3) is 4.76. The maximum absolute atomic E-state index is 12.5. The minimum Gasteiger partial charge on any atom is -0.372 e. The zero-order valence-electron chi connectivity index (χ0n) is 15.1. The Morgan fingerprint density at radius 3 is 2.65 bits per heavy atom. The van der Waals surface area contributed by atoms with Gasteiger partial charge in [0.05, 0.1) is 18.0 Å². The lowest BCUT2D eigenvalue weighted by Gasteiger charge is -2.35. The highest BCUT2D eigenvalue weighted by molar-refractivity contribution is 7.99. The number of H-pyrrole nitrogens is 1. The highest BCUT2D eigenvalue weighted by atomic mass is 32.2. The standard InChI is InChI=1S/C18H24N4O3S/c1-13-10-21(11-14(2)25-13)16(23)12-26-18-20-19-17(24)22(18)9-8-15-6-4-3-5-7-15/h3-7,13-14H,8-12H2,1-2H3,(H,19,24)/t13-,14-/m0/s1. The number of thioether (sulfide) groups is 1. The second-order valence-corrected chi connectivity index (χ2v) is 7.49. The van der Waals surface area contributed by atoms with Crippen LogP contribution in [0.15, 0.2) is 40.3 Å². The van der Waals surface area contributed by atoms with Crippen molar-refractivity contribution >= 4 is 17.7 Å². The Morgan fingerprint density at radius 1 is 1.27 bits per heavy atom. The first-order valence-corrected chi connectivity index (χ1v) is 9.76. The number of rotatable bonds is 6. The maximum Gasteiger partial charge on any atom is 0.343 e. The fourth-order valence-corrected chi connectivity index (χ4v) is 3.97. The fourth-order valence-electron chi connectivity index (χ4n) is 3.10. The van der Waals surface area contributed by atoms with E-state index < -0.39 is 0 Å². The number of nitrogens with zero attached hydrogens (tertiary/aromatic N) is 3. The molecule has 0 unspecified atom stereocenters. The minimum atomic E-state index is -0.246. The van der Waals surface area contributed by atoms with Crippen LogP contribution in [0.5, 0.6) is 0 Å². The van der Waals surface area contributed by atoms with E-state index in [4.69, 9.17) is 4.74 Å². The molecule has 7 nitrogen and oxygen atoms in total. The zero-order chi connectivity index (χ0) is 18.5. The number of aromatic nitrogens is 3. The van der Waals surface area contributed by atoms with Crippen molar-refractivity contribution < 1.29 is 9.53 Å². The van der Waals surface area contributed by atoms with Crippen molar-refractivity contribution in [1.29, 1.82) is 0 Å². The molecule has 0 aliphatic carbocycles. The third-order valence-corrected chi connectivity index (χ3v) is 5.25. The van der Waals surface area contributed by atoms with Crippen LogP contribution in [-0.4, -0.2) is 56.6 Å². The molecule has 1 saturated heterocycles. The molecule has 140 valence electrons. The van der Waals surface area contributed by atoms with Gasteiger partial charge in [-0.05, 0) is 25.8 Å². The van der Waals surface area contributed by atoms with E-state index in [9.17, 15) is 9.59 Å². The van der Waals surface area contributed by atoms with E-state index in [1.165, 1.54) is 11.8 Å². The van der Waals surface area contributed by atoms with E-state index in [0.717, 1.165) is 12.0 Å². The zero-order valence-corrected chi connectivity index (χ0v) is 15.9. The van der Waals surface area contributed by atoms with Gasteiger partial charge in [-0.15, -0.1) is 5.10 Å². The van der Waals surface area contributed by atoms with Gasteiger partial charge < -0.3 is 9.64 Å². The lowest BCUT2D eigenvalue weighted by molar-refractivity contribution is -0.140. The molecule has 1 aromatic carbocycles. The summed E-state index contributed by atoms with van der Waals surface area (Å²) in [5.74, 6) is 0.303. The molecular weight excluding hydrogens is 352 g/mol. The number of aromatic amines is 1. The molecule has 0 bridgehead atoms. The van der Waals surface area contributed by atoms with Crippen LogP contribution in [0, 0.1) is 0 Å². The van der Waals surface area contributed by atoms with Crippen LogP contribution in [0.2, 0.25) is 0 Å². The summed E-state index contributed by atoms with van der Waals surface area (Å²) in [6.45, 7) is 5.67. The van der Waals surface area contributed by atoms with Gasteiger partial charge in [0.15, 0.2) is 5.16 Å². The minimum absolute atomic E-state index is 0.0436. The second kappa shape index (κ2) is 8.55. The van der Waals surface area contributed by atoms with Crippen LogP contribution < -0.4 is 5.69 Å². The molecule has 1 aromatic heterocycles. The summed E-state index contributed by atoms with van der Waals surface area (Å²) in [5.41, 5.74) is 0.911. The van der Waals surface area contributed by atoms with Crippen molar-refractivity contribution in [3.63, 3.8) is 0 Å². The van der Waals surface area contributed by atoms with Crippen LogP contribution in [-0.2, 0) is 22.5 Å². The molecule has 1 aliphatic heterocycles. The van der Waals surface area contributed by atoms with Gasteiger partial charge in [-0.25, -0.2) is 9.89 Å². The molecule has 1 N–H and O–H groups in total. The second-order valence-electron chi connectivity index (χ2n) is 6.54. The van der Waals surface area contributed by atoms with Crippen molar-refractivity contribution in [1.82, 2.24) is 19.7 Å². The summed E-state index contributed by atoms with van der Waals surface area (Å²) < 4.78 is 7.26. The average molecular weight is 376 g/mol. The molecule has 0 spiro atoms. The summed E-state index contributed by atoms with van der Waals surface area (Å²) in [5, 5.41) is 7.10. The molecular formula is C18H24N4O3S. The van der Waals surface area contributed by atoms with Crippen molar-refractivity contribution in [3.05, 3.63) is 46.4 Å². The number of ether oxygens (including phenoxy) is 1. The number of benzene rings is 1. The first-order valence-electron chi connectivity index (χ1n) is 8.78. The summed E-state index contributed by atoms with van der Waals surface area (Å²) >= 11 is 1.30. The number of amides is 1. The largest absolute Gasteiger partial charge is 0.372 e. The van der Waals surface area contributed by atoms with Crippen molar-refractivity contribution in [2.45, 2.75) is 44.2 Å². The predicted molar refractivity (Wildman–Crippen MR) is 100 cm³/mol. The highest BCUT2D eigenvalue weighted by Crippen LogP contribution is 2.17. The number of aryl methyl sites for hydroxylation is 1. The van der Waals surface area contributed by atoms with Gasteiger partial charge in [0.25, 0.3) is 0 Å². The quantitative estimate of drug-likeness (QED) is 0.774. The number of nitrogens with one attached hydrogen (secondary N) is 1. The van der Waals surface area contributed by atoms with E-state index >= 15 is 0 Å². The smallest absolute Gasteiger partial charge is 0.343 e. The molecule has 8 heteroatoms. The first kappa shape index (κ1) is 18.7. The van der Waals surface area contributed by atoms with Crippen LogP contribution in [0.1, 0.15) is 19.4 Å². The van der Waals surface area contributed by atoms with Gasteiger partial charge in [0, 0.05) is 19.6 Å². The number of hydrogen-bond donors (Lipinski definition) is 1. The molecule has 1 amide bonds. The first-order chi connectivity index (χ1) is 12.5. The van der Waals surface area contributed by atoms with Gasteiger partial charge in [-0.2, -0.15) is 0 Å². The van der Waals surface area contributed by atoms with E-state index in [-0.39, 0.29) is 29.6 Å². The topological polar surface area (TPSA) is 80.2 Å². The Bertz CT molecular complexity index is 779. The monoisotopic (exact) mass is 376 g/mol. The van der Waals surface area contributed by atoms with Gasteiger partial charge in [0.1, 0.15) is 0 Å². The molecule has 2 heterocycles. The number of carbonyl (C=O) groups excluding carboxylic acids is 1. The van der Waals surface area contributed by atoms with Crippen LogP contribution in [0.3, 0.4) is 0 Å². The summed E-state index contributed by atoms with van der Waals surface area (Å²) in [6.07, 6.45) is 0.824. The molecule has 1 aliphatic rings. The lowest BCUT2D eigenvalue weighted by Crippen LogP contribution is -2.48. The van der Waals surface area contributed by atoms with Crippen molar-refractivity contribution in [3.8, 4) is 0 Å². The van der Waals surface area contributed by atoms with Gasteiger partial charge in [-0.3, -0.25) is 9.36 Å². The van der Waals surface area contributed by atoms with Crippen LogP contribution in [0.4, 0.5) is 0 Å². The Morgan fingerprint density at radius 2 is 1.96 bits per heavy atom. The molecule has 26 heavy (non-hydrogen) atoms. The van der Waals surface area contributed by atoms with Crippen molar-refractivity contribution in [2.24, 2.45) is 0 Å². The fraction of sp³-hybridized carbons (Fsp3) is 0.500. The van der Waals surface area contributed by atoms with Crippen LogP contribution in [0.25, 0.3) is 0 Å². The third-order valence-electron chi connectivity index (χ3n) is 4.29. The SMILES string of the molecule is C[C@H]1CN(C(=O)CSc2n[nH]c(=O)n2CCc2ccccc2)C[C@H](C)O1. The Balaban J connectivity index is 1.58. The van der Waals surface area contributed by atoms with E-state index in [1.807, 2.05) is 49.1 Å². The average Bonchev–Trinajstić information content (AvgIpc) is 2.97. The Kier molecular flexibility index (Phi) is 6.16. The van der Waals surface area contributed by atoms with Crippen molar-refractivity contribution in [2.75, 3.05) is 18.8 Å². The molecule has 0 saturated carbocycles. The Labute approximate surface area is 156 Å². The molecule has 1 fully saturated rings. The summed E-state index contributed by atoms with van der Waals surface area (Å²) in [4.78, 5) is 26.3. The van der Waals surface area contributed by atoms with Crippen LogP contribution >= 0.6 is 11.8 Å². The molecule has 3 rings (SSSR count). The number of morpholine rings is 1. The summed E-state index contributed by atoms with van der Waals surface area (Å²) in [6, 6.07) is 9.98. The van der Waals surface area contributed by atoms with Gasteiger partial charge in [0.2, 0.25) is 5.91 Å². The van der Waals surface area contributed by atoms with Gasteiger partial charge in [-0.1, -0.05) is 42.1 Å². The molecule has 2 aromatic rings. The van der Waals surface area contributed by atoms with E-state index in [2.05, 4.69) is 10.2 Å². The van der Waals surface area contributed by atoms with Gasteiger partial charge >= 0.3 is 5.69 Å². The highest BCUT2D eigenvalue weighted by Gasteiger charge is 2.26.